The van der Waals surface area contributed by atoms with Gasteiger partial charge in [0.05, 0.1) is 6.54 Å². The molecule has 0 aromatic heterocycles. The van der Waals surface area contributed by atoms with E-state index < -0.39 is 0 Å². The summed E-state index contributed by atoms with van der Waals surface area (Å²) in [7, 11) is 4.39. The van der Waals surface area contributed by atoms with Crippen molar-refractivity contribution in [3.8, 4) is 0 Å². The summed E-state index contributed by atoms with van der Waals surface area (Å²) in [6, 6.07) is 0.283. The molecule has 3 unspecified atom stereocenters. The van der Waals surface area contributed by atoms with Crippen molar-refractivity contribution in [3.05, 3.63) is 0 Å². The van der Waals surface area contributed by atoms with Gasteiger partial charge in [0.25, 0.3) is 0 Å². The molecule has 2 rings (SSSR count). The molecule has 27 heavy (non-hydrogen) atoms. The Hall–Kier alpha value is -1.30. The highest BCUT2D eigenvalue weighted by molar-refractivity contribution is 5.81. The van der Waals surface area contributed by atoms with E-state index in [9.17, 15) is 4.79 Å². The Morgan fingerprint density at radius 1 is 1.33 bits per heavy atom. The van der Waals surface area contributed by atoms with E-state index in [-0.39, 0.29) is 23.4 Å². The van der Waals surface area contributed by atoms with Crippen molar-refractivity contribution >= 4 is 11.9 Å². The number of aliphatic imine (C=N–C) groups is 1. The summed E-state index contributed by atoms with van der Waals surface area (Å²) in [5.74, 6) is 1.97. The third-order valence-corrected chi connectivity index (χ3v) is 6.23. The van der Waals surface area contributed by atoms with Gasteiger partial charge in [-0.25, -0.2) is 0 Å². The fourth-order valence-corrected chi connectivity index (χ4v) is 4.51. The second kappa shape index (κ2) is 9.76. The lowest BCUT2D eigenvalue weighted by molar-refractivity contribution is -0.133. The van der Waals surface area contributed by atoms with Crippen LogP contribution in [0.1, 0.15) is 59.8 Å². The first-order valence-corrected chi connectivity index (χ1v) is 10.8. The summed E-state index contributed by atoms with van der Waals surface area (Å²) in [6.07, 6.45) is 6.03. The number of guanidine groups is 1. The molecule has 6 nitrogen and oxygen atoms in total. The Morgan fingerprint density at radius 3 is 2.67 bits per heavy atom. The zero-order valence-corrected chi connectivity index (χ0v) is 18.3. The van der Waals surface area contributed by atoms with Crippen LogP contribution in [0.25, 0.3) is 0 Å². The van der Waals surface area contributed by atoms with Gasteiger partial charge in [-0.1, -0.05) is 33.6 Å². The number of hydrogen-bond acceptors (Lipinski definition) is 3. The number of carbonyl (C=O) groups excluding carboxylic acids is 1. The van der Waals surface area contributed by atoms with Crippen molar-refractivity contribution in [1.82, 2.24) is 20.4 Å². The molecule has 1 aliphatic heterocycles. The molecule has 0 bridgehead atoms. The van der Waals surface area contributed by atoms with E-state index >= 15 is 0 Å². The fraction of sp³-hybridized carbons (Fsp3) is 0.905. The Morgan fingerprint density at radius 2 is 2.07 bits per heavy atom. The smallest absolute Gasteiger partial charge is 0.225 e. The molecule has 1 amide bonds. The lowest BCUT2D eigenvalue weighted by Gasteiger charge is -2.44. The van der Waals surface area contributed by atoms with Gasteiger partial charge in [-0.2, -0.15) is 0 Å². The maximum atomic E-state index is 12.2. The van der Waals surface area contributed by atoms with Crippen LogP contribution in [0.4, 0.5) is 0 Å². The van der Waals surface area contributed by atoms with Crippen LogP contribution >= 0.6 is 0 Å². The Kier molecular flexibility index (Phi) is 7.95. The van der Waals surface area contributed by atoms with Gasteiger partial charge < -0.3 is 20.4 Å². The lowest BCUT2D eigenvalue weighted by Crippen LogP contribution is -2.51. The highest BCUT2D eigenvalue weighted by Crippen LogP contribution is 2.35. The van der Waals surface area contributed by atoms with Gasteiger partial charge in [-0.05, 0) is 46.2 Å². The van der Waals surface area contributed by atoms with E-state index in [1.54, 1.807) is 0 Å². The van der Waals surface area contributed by atoms with Crippen molar-refractivity contribution in [1.29, 1.82) is 0 Å². The second-order valence-electron chi connectivity index (χ2n) is 9.08. The molecule has 2 aliphatic rings. The third-order valence-electron chi connectivity index (χ3n) is 6.23. The van der Waals surface area contributed by atoms with E-state index in [0.717, 1.165) is 44.5 Å². The van der Waals surface area contributed by atoms with E-state index in [1.165, 1.54) is 25.7 Å². The van der Waals surface area contributed by atoms with Crippen molar-refractivity contribution in [2.24, 2.45) is 16.8 Å². The van der Waals surface area contributed by atoms with Crippen molar-refractivity contribution in [2.75, 3.05) is 40.3 Å². The van der Waals surface area contributed by atoms with Crippen LogP contribution in [-0.4, -0.2) is 73.5 Å². The Bertz CT molecular complexity index is 519. The highest BCUT2D eigenvalue weighted by atomic mass is 16.2. The van der Waals surface area contributed by atoms with Crippen molar-refractivity contribution < 1.29 is 4.79 Å². The van der Waals surface area contributed by atoms with E-state index in [2.05, 4.69) is 43.5 Å². The van der Waals surface area contributed by atoms with Gasteiger partial charge >= 0.3 is 0 Å². The molecule has 156 valence electrons. The summed E-state index contributed by atoms with van der Waals surface area (Å²) >= 11 is 0. The van der Waals surface area contributed by atoms with Crippen LogP contribution in [0.3, 0.4) is 0 Å². The molecule has 0 aromatic carbocycles. The number of carbonyl (C=O) groups is 1. The molecule has 1 saturated heterocycles. The molecule has 1 saturated carbocycles. The number of nitrogens with zero attached hydrogens (tertiary/aromatic N) is 3. The standard InChI is InChI=1S/C21H41N5O/c1-7-22-20(24-18-10-12-26(14-18)19(27)16(2)3)23-15-21(25(5)6)11-8-9-17(4)13-21/h16-18H,7-15H2,1-6H3,(H2,22,23,24). The van der Waals surface area contributed by atoms with Gasteiger partial charge in [0.15, 0.2) is 5.96 Å². The monoisotopic (exact) mass is 379 g/mol. The molecule has 1 heterocycles. The summed E-state index contributed by atoms with van der Waals surface area (Å²) in [5.41, 5.74) is 0.162. The average molecular weight is 380 g/mol. The maximum Gasteiger partial charge on any atom is 0.225 e. The van der Waals surface area contributed by atoms with Crippen LogP contribution in [-0.2, 0) is 4.79 Å². The number of likely N-dealkylation sites (tertiary alicyclic amines) is 1. The first kappa shape index (κ1) is 22.0. The van der Waals surface area contributed by atoms with Crippen LogP contribution in [0.15, 0.2) is 4.99 Å². The SMILES string of the molecule is CCNC(=NCC1(N(C)C)CCCC(C)C1)NC1CCN(C(=O)C(C)C)C1. The lowest BCUT2D eigenvalue weighted by atomic mass is 9.75. The van der Waals surface area contributed by atoms with E-state index in [0.29, 0.717) is 0 Å². The summed E-state index contributed by atoms with van der Waals surface area (Å²) < 4.78 is 0. The molecule has 1 aliphatic carbocycles. The van der Waals surface area contributed by atoms with E-state index in [1.807, 2.05) is 18.7 Å². The minimum Gasteiger partial charge on any atom is -0.357 e. The van der Waals surface area contributed by atoms with Crippen LogP contribution in [0, 0.1) is 11.8 Å². The first-order chi connectivity index (χ1) is 12.8. The predicted molar refractivity (Wildman–Crippen MR) is 113 cm³/mol. The highest BCUT2D eigenvalue weighted by Gasteiger charge is 2.37. The molecular formula is C21H41N5O. The van der Waals surface area contributed by atoms with Crippen molar-refractivity contribution in [2.45, 2.75) is 71.4 Å². The molecule has 0 aromatic rings. The van der Waals surface area contributed by atoms with Crippen LogP contribution < -0.4 is 10.6 Å². The normalized spacial score (nSPS) is 29.5. The molecule has 2 fully saturated rings. The van der Waals surface area contributed by atoms with Gasteiger partial charge in [-0.15, -0.1) is 0 Å². The Balaban J connectivity index is 2.00. The summed E-state index contributed by atoms with van der Waals surface area (Å²) in [4.78, 5) is 21.6. The number of rotatable bonds is 6. The number of amides is 1. The largest absolute Gasteiger partial charge is 0.357 e. The zero-order valence-electron chi connectivity index (χ0n) is 18.3. The fourth-order valence-electron chi connectivity index (χ4n) is 4.51. The molecule has 6 heteroatoms. The average Bonchev–Trinajstić information content (AvgIpc) is 3.07. The van der Waals surface area contributed by atoms with Gasteiger partial charge in [0, 0.05) is 37.1 Å². The number of likely N-dealkylation sites (N-methyl/N-ethyl adjacent to an activating group) is 1. The molecule has 2 N–H and O–H groups in total. The summed E-state index contributed by atoms with van der Waals surface area (Å²) in [6.45, 7) is 11.7. The molecular weight excluding hydrogens is 338 g/mol. The minimum atomic E-state index is 0.0684. The molecule has 0 spiro atoms. The van der Waals surface area contributed by atoms with Crippen LogP contribution in [0.5, 0.6) is 0 Å². The Labute approximate surface area is 166 Å². The maximum absolute atomic E-state index is 12.2. The summed E-state index contributed by atoms with van der Waals surface area (Å²) in [5, 5.41) is 6.97. The van der Waals surface area contributed by atoms with Gasteiger partial charge in [0.2, 0.25) is 5.91 Å². The second-order valence-corrected chi connectivity index (χ2v) is 9.08. The van der Waals surface area contributed by atoms with Gasteiger partial charge in [0.1, 0.15) is 0 Å². The molecule has 0 radical (unpaired) electrons. The van der Waals surface area contributed by atoms with Crippen molar-refractivity contribution in [3.63, 3.8) is 0 Å². The third kappa shape index (κ3) is 5.84. The minimum absolute atomic E-state index is 0.0684. The first-order valence-electron chi connectivity index (χ1n) is 10.8. The zero-order chi connectivity index (χ0) is 20.0. The van der Waals surface area contributed by atoms with E-state index in [4.69, 9.17) is 4.99 Å². The number of hydrogen-bond donors (Lipinski definition) is 2. The number of nitrogens with one attached hydrogen (secondary N) is 2. The molecule has 3 atom stereocenters. The predicted octanol–water partition coefficient (Wildman–Crippen LogP) is 2.31. The van der Waals surface area contributed by atoms with Crippen LogP contribution in [0.2, 0.25) is 0 Å². The quantitative estimate of drug-likeness (QED) is 0.549. The van der Waals surface area contributed by atoms with Gasteiger partial charge in [-0.3, -0.25) is 9.79 Å². The topological polar surface area (TPSA) is 60.0 Å².